The number of rotatable bonds is 7. The molecule has 0 unspecified atom stereocenters. The molecule has 8 nitrogen and oxygen atoms in total. The Morgan fingerprint density at radius 2 is 1.93 bits per heavy atom. The van der Waals surface area contributed by atoms with Gasteiger partial charge in [0.25, 0.3) is 5.91 Å². The van der Waals surface area contributed by atoms with E-state index in [9.17, 15) is 4.79 Å². The molecule has 146 valence electrons. The fraction of sp³-hybridized carbons (Fsp3) is 0.611. The summed E-state index contributed by atoms with van der Waals surface area (Å²) in [6, 6.07) is 3.70. The predicted molar refractivity (Wildman–Crippen MR) is 105 cm³/mol. The Labute approximate surface area is 163 Å². The summed E-state index contributed by atoms with van der Waals surface area (Å²) in [6.07, 6.45) is 5.22. The van der Waals surface area contributed by atoms with Crippen molar-refractivity contribution in [3.8, 4) is 5.13 Å². The second-order valence-electron chi connectivity index (χ2n) is 6.89. The zero-order chi connectivity index (χ0) is 18.5. The van der Waals surface area contributed by atoms with Crippen LogP contribution in [-0.2, 0) is 4.74 Å². The minimum Gasteiger partial charge on any atom is -0.379 e. The number of morpholine rings is 1. The fourth-order valence-electron chi connectivity index (χ4n) is 3.49. The van der Waals surface area contributed by atoms with Crippen molar-refractivity contribution in [1.29, 1.82) is 0 Å². The van der Waals surface area contributed by atoms with Gasteiger partial charge in [0, 0.05) is 38.9 Å². The number of ether oxygens (including phenoxy) is 1. The Hall–Kier alpha value is -1.97. The smallest absolute Gasteiger partial charge is 0.268 e. The highest BCUT2D eigenvalue weighted by Gasteiger charge is 2.19. The lowest BCUT2D eigenvalue weighted by atomic mass is 10.3. The molecule has 1 amide bonds. The summed E-state index contributed by atoms with van der Waals surface area (Å²) in [4.78, 5) is 17.2. The number of nitrogens with zero attached hydrogens (tertiary/aromatic N) is 5. The van der Waals surface area contributed by atoms with E-state index < -0.39 is 0 Å². The van der Waals surface area contributed by atoms with Gasteiger partial charge in [0.05, 0.1) is 13.2 Å². The third kappa shape index (κ3) is 4.48. The summed E-state index contributed by atoms with van der Waals surface area (Å²) in [5.74, 6) is -0.0695. The van der Waals surface area contributed by atoms with Crippen LogP contribution in [0.5, 0.6) is 0 Å². The van der Waals surface area contributed by atoms with Crippen LogP contribution >= 0.6 is 11.3 Å². The maximum Gasteiger partial charge on any atom is 0.268 e. The van der Waals surface area contributed by atoms with E-state index in [1.54, 1.807) is 0 Å². The van der Waals surface area contributed by atoms with Gasteiger partial charge in [-0.2, -0.15) is 0 Å². The third-order valence-corrected chi connectivity index (χ3v) is 5.99. The summed E-state index contributed by atoms with van der Waals surface area (Å²) in [5, 5.41) is 13.3. The van der Waals surface area contributed by atoms with E-state index >= 15 is 0 Å². The maximum absolute atomic E-state index is 12.6. The standard InChI is InChI=1S/C18H26N6O2S/c25-16(19-6-4-7-22-11-13-26-14-12-22)15-5-3-10-24(15)18-21-20-17(27-18)23-8-1-2-9-23/h3,5,10H,1-2,4,6-9,11-14H2,(H,19,25). The van der Waals surface area contributed by atoms with Crippen LogP contribution in [0.25, 0.3) is 5.13 Å². The molecule has 9 heteroatoms. The number of anilines is 1. The predicted octanol–water partition coefficient (Wildman–Crippen LogP) is 1.38. The van der Waals surface area contributed by atoms with E-state index in [2.05, 4.69) is 25.3 Å². The first-order valence-electron chi connectivity index (χ1n) is 9.66. The van der Waals surface area contributed by atoms with Crippen LogP contribution in [0.3, 0.4) is 0 Å². The van der Waals surface area contributed by atoms with Crippen molar-refractivity contribution in [2.45, 2.75) is 19.3 Å². The number of amides is 1. The highest BCUT2D eigenvalue weighted by Crippen LogP contribution is 2.27. The van der Waals surface area contributed by atoms with E-state index in [4.69, 9.17) is 4.74 Å². The van der Waals surface area contributed by atoms with Crippen molar-refractivity contribution in [3.05, 3.63) is 24.0 Å². The molecule has 0 atom stereocenters. The van der Waals surface area contributed by atoms with Crippen molar-refractivity contribution in [3.63, 3.8) is 0 Å². The molecule has 4 heterocycles. The molecule has 1 N–H and O–H groups in total. The molecule has 2 fully saturated rings. The summed E-state index contributed by atoms with van der Waals surface area (Å²) >= 11 is 1.53. The normalized spacial score (nSPS) is 18.1. The van der Waals surface area contributed by atoms with Gasteiger partial charge in [0.15, 0.2) is 0 Å². The second-order valence-corrected chi connectivity index (χ2v) is 7.82. The number of hydrogen-bond acceptors (Lipinski definition) is 7. The number of aromatic nitrogens is 3. The summed E-state index contributed by atoms with van der Waals surface area (Å²) in [7, 11) is 0. The number of nitrogens with one attached hydrogen (secondary N) is 1. The van der Waals surface area contributed by atoms with Crippen LogP contribution in [-0.4, -0.2) is 78.1 Å². The van der Waals surface area contributed by atoms with E-state index in [0.717, 1.165) is 62.6 Å². The van der Waals surface area contributed by atoms with E-state index in [0.29, 0.717) is 12.2 Å². The topological polar surface area (TPSA) is 75.5 Å². The molecule has 2 aliphatic rings. The Morgan fingerprint density at radius 1 is 1.15 bits per heavy atom. The molecule has 0 spiro atoms. The number of hydrogen-bond donors (Lipinski definition) is 1. The lowest BCUT2D eigenvalue weighted by molar-refractivity contribution is 0.0374. The minimum absolute atomic E-state index is 0.0695. The van der Waals surface area contributed by atoms with Gasteiger partial charge >= 0.3 is 0 Å². The molecular formula is C18H26N6O2S. The molecule has 2 aliphatic heterocycles. The quantitative estimate of drug-likeness (QED) is 0.720. The highest BCUT2D eigenvalue weighted by molar-refractivity contribution is 7.17. The fourth-order valence-corrected chi connectivity index (χ4v) is 4.39. The van der Waals surface area contributed by atoms with Crippen LogP contribution in [0.4, 0.5) is 5.13 Å². The minimum atomic E-state index is -0.0695. The Balaban J connectivity index is 1.31. The van der Waals surface area contributed by atoms with Gasteiger partial charge in [-0.15, -0.1) is 10.2 Å². The van der Waals surface area contributed by atoms with Gasteiger partial charge in [0.1, 0.15) is 5.69 Å². The van der Waals surface area contributed by atoms with E-state index in [-0.39, 0.29) is 5.91 Å². The van der Waals surface area contributed by atoms with Crippen molar-refractivity contribution >= 4 is 22.4 Å². The Kier molecular flexibility index (Phi) is 6.00. The molecule has 4 rings (SSSR count). The zero-order valence-electron chi connectivity index (χ0n) is 15.5. The molecule has 0 saturated carbocycles. The Bertz CT molecular complexity index is 749. The van der Waals surface area contributed by atoms with Crippen LogP contribution in [0, 0.1) is 0 Å². The van der Waals surface area contributed by atoms with Crippen LogP contribution < -0.4 is 10.2 Å². The lowest BCUT2D eigenvalue weighted by Gasteiger charge is -2.26. The van der Waals surface area contributed by atoms with E-state index in [1.807, 2.05) is 22.9 Å². The molecule has 0 bridgehead atoms. The SMILES string of the molecule is O=C(NCCCN1CCOCC1)c1cccn1-c1nnc(N2CCCC2)s1. The summed E-state index contributed by atoms with van der Waals surface area (Å²) in [6.45, 7) is 7.30. The Morgan fingerprint density at radius 3 is 2.74 bits per heavy atom. The first-order chi connectivity index (χ1) is 13.3. The second kappa shape index (κ2) is 8.81. The first kappa shape index (κ1) is 18.4. The largest absolute Gasteiger partial charge is 0.379 e. The highest BCUT2D eigenvalue weighted by atomic mass is 32.1. The summed E-state index contributed by atoms with van der Waals surface area (Å²) < 4.78 is 7.18. The number of carbonyl (C=O) groups excluding carboxylic acids is 1. The molecule has 0 radical (unpaired) electrons. The molecular weight excluding hydrogens is 364 g/mol. The third-order valence-electron chi connectivity index (χ3n) is 5.01. The van der Waals surface area contributed by atoms with Crippen molar-refractivity contribution in [1.82, 2.24) is 25.0 Å². The van der Waals surface area contributed by atoms with Gasteiger partial charge in [-0.3, -0.25) is 14.3 Å². The van der Waals surface area contributed by atoms with Gasteiger partial charge < -0.3 is 15.0 Å². The maximum atomic E-state index is 12.6. The van der Waals surface area contributed by atoms with Crippen molar-refractivity contribution in [2.24, 2.45) is 0 Å². The van der Waals surface area contributed by atoms with Crippen molar-refractivity contribution < 1.29 is 9.53 Å². The van der Waals surface area contributed by atoms with Crippen LogP contribution in [0.15, 0.2) is 18.3 Å². The van der Waals surface area contributed by atoms with Gasteiger partial charge in [-0.25, -0.2) is 0 Å². The monoisotopic (exact) mass is 390 g/mol. The molecule has 2 saturated heterocycles. The molecule has 2 aromatic rings. The van der Waals surface area contributed by atoms with Crippen LogP contribution in [0.2, 0.25) is 0 Å². The van der Waals surface area contributed by atoms with Gasteiger partial charge in [-0.1, -0.05) is 11.3 Å². The lowest BCUT2D eigenvalue weighted by Crippen LogP contribution is -2.38. The first-order valence-corrected chi connectivity index (χ1v) is 10.5. The average Bonchev–Trinajstić information content (AvgIpc) is 3.46. The zero-order valence-corrected chi connectivity index (χ0v) is 16.3. The van der Waals surface area contributed by atoms with Gasteiger partial charge in [-0.05, 0) is 37.9 Å². The van der Waals surface area contributed by atoms with E-state index in [1.165, 1.54) is 24.2 Å². The van der Waals surface area contributed by atoms with Crippen LogP contribution in [0.1, 0.15) is 29.8 Å². The number of carbonyl (C=O) groups is 1. The van der Waals surface area contributed by atoms with Gasteiger partial charge in [0.2, 0.25) is 10.3 Å². The summed E-state index contributed by atoms with van der Waals surface area (Å²) in [5.41, 5.74) is 0.602. The molecule has 2 aromatic heterocycles. The molecule has 27 heavy (non-hydrogen) atoms. The molecule has 0 aromatic carbocycles. The molecule has 0 aliphatic carbocycles. The average molecular weight is 391 g/mol. The van der Waals surface area contributed by atoms with Crippen molar-refractivity contribution in [2.75, 3.05) is 57.4 Å².